The molecule has 0 spiro atoms. The van der Waals surface area contributed by atoms with Gasteiger partial charge in [0.1, 0.15) is 24.4 Å². The van der Waals surface area contributed by atoms with Gasteiger partial charge in [0, 0.05) is 12.3 Å². The van der Waals surface area contributed by atoms with Gasteiger partial charge in [0.2, 0.25) is 0 Å². The van der Waals surface area contributed by atoms with E-state index in [2.05, 4.69) is 0 Å². The van der Waals surface area contributed by atoms with E-state index in [1.807, 2.05) is 4.98 Å². The highest BCUT2D eigenvalue weighted by atomic mass is 19.2. The van der Waals surface area contributed by atoms with Crippen LogP contribution >= 0.6 is 0 Å². The van der Waals surface area contributed by atoms with Crippen molar-refractivity contribution in [3.63, 3.8) is 0 Å². The first-order valence-corrected chi connectivity index (χ1v) is 5.51. The van der Waals surface area contributed by atoms with Crippen LogP contribution in [0.4, 0.5) is 4.48 Å². The summed E-state index contributed by atoms with van der Waals surface area (Å²) in [6, 6.07) is 0.918. The van der Waals surface area contributed by atoms with Gasteiger partial charge in [-0.1, -0.05) is 9.27 Å². The van der Waals surface area contributed by atoms with Gasteiger partial charge in [0.25, 0.3) is 5.56 Å². The number of nitrogens with one attached hydrogen (secondary N) is 1. The molecule has 0 aromatic carbocycles. The number of rotatable bonds is 5. The van der Waals surface area contributed by atoms with Crippen LogP contribution in [0.3, 0.4) is 0 Å². The van der Waals surface area contributed by atoms with Gasteiger partial charge < -0.3 is 35.3 Å². The van der Waals surface area contributed by atoms with Crippen LogP contribution < -0.4 is 11.2 Å². The first-order valence-electron chi connectivity index (χ1n) is 5.51. The molecule has 1 heterocycles. The standard InChI is InChI=1S/C6H12O6.C4H3FN2O2/c7-1-3(9)5(11)6(12)4(10)2-8;5-7-3(8)1-2-6-4(7)9/h1,3-6,8-12H,2H2;1-2H,(H,6,9). The molecular weight excluding hydrogens is 295 g/mol. The maximum atomic E-state index is 12.0. The molecule has 120 valence electrons. The fraction of sp³-hybridized carbons (Fsp3) is 0.500. The molecule has 0 radical (unpaired) electrons. The van der Waals surface area contributed by atoms with Crippen molar-refractivity contribution in [2.75, 3.05) is 6.61 Å². The van der Waals surface area contributed by atoms with Crippen LogP contribution in [0.25, 0.3) is 0 Å². The highest BCUT2D eigenvalue weighted by molar-refractivity contribution is 5.56. The molecule has 0 saturated heterocycles. The zero-order valence-corrected chi connectivity index (χ0v) is 10.5. The second-order valence-corrected chi connectivity index (χ2v) is 3.76. The van der Waals surface area contributed by atoms with Gasteiger partial charge in [-0.15, -0.1) is 0 Å². The summed E-state index contributed by atoms with van der Waals surface area (Å²) in [6.07, 6.45) is -5.76. The van der Waals surface area contributed by atoms with Gasteiger partial charge in [-0.25, -0.2) is 4.79 Å². The molecule has 4 unspecified atom stereocenters. The Labute approximate surface area is 116 Å². The number of carbonyl (C=O) groups is 1. The first kappa shape index (κ1) is 19.1. The van der Waals surface area contributed by atoms with Crippen molar-refractivity contribution in [3.8, 4) is 0 Å². The molecule has 0 fully saturated rings. The molecule has 11 heteroatoms. The highest BCUT2D eigenvalue weighted by Crippen LogP contribution is 2.02. The summed E-state index contributed by atoms with van der Waals surface area (Å²) in [5, 5.41) is 43.5. The molecule has 1 aromatic rings. The average molecular weight is 310 g/mol. The Bertz CT molecular complexity index is 516. The summed E-state index contributed by atoms with van der Waals surface area (Å²) in [7, 11) is 0. The van der Waals surface area contributed by atoms with Gasteiger partial charge in [-0.2, -0.15) is 0 Å². The van der Waals surface area contributed by atoms with Crippen molar-refractivity contribution in [1.29, 1.82) is 0 Å². The number of nitrogens with zero attached hydrogens (tertiary/aromatic N) is 1. The number of aromatic nitrogens is 2. The van der Waals surface area contributed by atoms with Crippen molar-refractivity contribution in [2.24, 2.45) is 0 Å². The van der Waals surface area contributed by atoms with Crippen LogP contribution in [0.5, 0.6) is 0 Å². The number of aromatic amines is 1. The Hall–Kier alpha value is -1.92. The number of hydrogen-bond acceptors (Lipinski definition) is 8. The molecule has 10 nitrogen and oxygen atoms in total. The SMILES string of the molecule is O=CC(O)C(O)C(O)C(O)CO.O=c1cc[nH]c(=O)n1F. The van der Waals surface area contributed by atoms with Gasteiger partial charge in [-0.05, 0) is 0 Å². The minimum atomic E-state index is -1.79. The van der Waals surface area contributed by atoms with Crippen LogP contribution in [0.15, 0.2) is 21.9 Å². The topological polar surface area (TPSA) is 173 Å². The van der Waals surface area contributed by atoms with E-state index in [1.165, 1.54) is 0 Å². The number of aliphatic hydroxyl groups excluding tert-OH is 5. The largest absolute Gasteiger partial charge is 0.394 e. The molecule has 0 bridgehead atoms. The lowest BCUT2D eigenvalue weighted by Gasteiger charge is -2.22. The van der Waals surface area contributed by atoms with E-state index in [0.29, 0.717) is 0 Å². The molecule has 1 aromatic heterocycles. The second kappa shape index (κ2) is 9.10. The monoisotopic (exact) mass is 310 g/mol. The molecular formula is C10H15FN2O8. The van der Waals surface area contributed by atoms with Crippen molar-refractivity contribution in [1.82, 2.24) is 9.77 Å². The van der Waals surface area contributed by atoms with Crippen LogP contribution in [0.1, 0.15) is 0 Å². The Kier molecular flexibility index (Phi) is 8.26. The predicted molar refractivity (Wildman–Crippen MR) is 65.0 cm³/mol. The lowest BCUT2D eigenvalue weighted by Crippen LogP contribution is -2.46. The molecule has 1 rings (SSSR count). The van der Waals surface area contributed by atoms with Gasteiger partial charge in [0.15, 0.2) is 6.29 Å². The minimum Gasteiger partial charge on any atom is -0.394 e. The van der Waals surface area contributed by atoms with Crippen LogP contribution in [0, 0.1) is 0 Å². The minimum absolute atomic E-state index is 0.0258. The quantitative estimate of drug-likeness (QED) is 0.297. The number of carbonyl (C=O) groups excluding carboxylic acids is 1. The Morgan fingerprint density at radius 1 is 1.24 bits per heavy atom. The fourth-order valence-corrected chi connectivity index (χ4v) is 1.02. The van der Waals surface area contributed by atoms with Crippen LogP contribution in [0.2, 0.25) is 0 Å². The fourth-order valence-electron chi connectivity index (χ4n) is 1.02. The van der Waals surface area contributed by atoms with Crippen molar-refractivity contribution in [2.45, 2.75) is 24.4 Å². The van der Waals surface area contributed by atoms with Crippen LogP contribution in [-0.2, 0) is 4.79 Å². The third kappa shape index (κ3) is 5.93. The molecule has 6 N–H and O–H groups in total. The molecule has 21 heavy (non-hydrogen) atoms. The molecule has 0 aliphatic heterocycles. The molecule has 4 atom stereocenters. The summed E-state index contributed by atoms with van der Waals surface area (Å²) in [6.45, 7) is -0.760. The lowest BCUT2D eigenvalue weighted by atomic mass is 10.0. The maximum Gasteiger partial charge on any atom is 0.357 e. The number of H-pyrrole nitrogens is 1. The summed E-state index contributed by atoms with van der Waals surface area (Å²) in [5.41, 5.74) is -2.01. The zero-order chi connectivity index (χ0) is 16.6. The zero-order valence-electron chi connectivity index (χ0n) is 10.5. The average Bonchev–Trinajstić information content (AvgIpc) is 2.49. The van der Waals surface area contributed by atoms with Gasteiger partial charge >= 0.3 is 5.69 Å². The lowest BCUT2D eigenvalue weighted by molar-refractivity contribution is -0.136. The molecule has 0 aliphatic rings. The number of aldehydes is 1. The first-order chi connectivity index (χ1) is 9.76. The van der Waals surface area contributed by atoms with E-state index in [4.69, 9.17) is 25.5 Å². The number of hydrogen-bond donors (Lipinski definition) is 6. The van der Waals surface area contributed by atoms with E-state index < -0.39 is 47.1 Å². The Morgan fingerprint density at radius 3 is 2.19 bits per heavy atom. The summed E-state index contributed by atoms with van der Waals surface area (Å²) >= 11 is 0. The predicted octanol–water partition coefficient (Wildman–Crippen LogP) is -4.11. The third-order valence-electron chi connectivity index (χ3n) is 2.23. The van der Waals surface area contributed by atoms with Crippen LogP contribution in [-0.4, -0.2) is 72.6 Å². The normalized spacial score (nSPS) is 16.1. The van der Waals surface area contributed by atoms with E-state index >= 15 is 0 Å². The van der Waals surface area contributed by atoms with E-state index in [9.17, 15) is 18.9 Å². The van der Waals surface area contributed by atoms with E-state index in [-0.39, 0.29) is 6.29 Å². The number of aliphatic hydroxyl groups is 5. The van der Waals surface area contributed by atoms with E-state index in [0.717, 1.165) is 12.3 Å². The third-order valence-corrected chi connectivity index (χ3v) is 2.23. The Morgan fingerprint density at radius 2 is 1.81 bits per heavy atom. The molecule has 0 saturated carbocycles. The van der Waals surface area contributed by atoms with Gasteiger partial charge in [-0.3, -0.25) is 4.79 Å². The number of halogens is 1. The summed E-state index contributed by atoms with van der Waals surface area (Å²) in [5.74, 6) is 0. The van der Waals surface area contributed by atoms with Crippen molar-refractivity contribution < 1.29 is 34.8 Å². The van der Waals surface area contributed by atoms with E-state index in [1.54, 1.807) is 0 Å². The molecule has 0 aliphatic carbocycles. The molecule has 0 amide bonds. The summed E-state index contributed by atoms with van der Waals surface area (Å²) < 4.78 is 12.0. The highest BCUT2D eigenvalue weighted by Gasteiger charge is 2.29. The van der Waals surface area contributed by atoms with Gasteiger partial charge in [0.05, 0.1) is 6.61 Å². The summed E-state index contributed by atoms with van der Waals surface area (Å²) in [4.78, 5) is 31.7. The van der Waals surface area contributed by atoms with Crippen molar-refractivity contribution in [3.05, 3.63) is 33.1 Å². The smallest absolute Gasteiger partial charge is 0.357 e. The van der Waals surface area contributed by atoms with Crippen molar-refractivity contribution >= 4 is 6.29 Å². The second-order valence-electron chi connectivity index (χ2n) is 3.76. The Balaban J connectivity index is 0.000000394. The maximum absolute atomic E-state index is 12.0.